The lowest BCUT2D eigenvalue weighted by Crippen LogP contribution is -2.50. The van der Waals surface area contributed by atoms with Crippen LogP contribution in [-0.2, 0) is 16.0 Å². The predicted octanol–water partition coefficient (Wildman–Crippen LogP) is 2.94. The molecule has 1 aromatic carbocycles. The molecule has 0 saturated carbocycles. The van der Waals surface area contributed by atoms with Crippen molar-refractivity contribution in [3.8, 4) is 11.5 Å². The summed E-state index contributed by atoms with van der Waals surface area (Å²) >= 11 is 0. The summed E-state index contributed by atoms with van der Waals surface area (Å²) in [6.07, 6.45) is 1.58. The molecule has 0 unspecified atom stereocenters. The van der Waals surface area contributed by atoms with E-state index in [1.165, 1.54) is 0 Å². The second kappa shape index (κ2) is 11.8. The fraction of sp³-hybridized carbons (Fsp3) is 0.650. The van der Waals surface area contributed by atoms with Gasteiger partial charge in [-0.2, -0.15) is 8.78 Å². The number of hydrogen-bond acceptors (Lipinski definition) is 5. The molecule has 1 aliphatic heterocycles. The second-order valence-corrected chi connectivity index (χ2v) is 6.60. The first kappa shape index (κ1) is 23.2. The Morgan fingerprint density at radius 2 is 2.00 bits per heavy atom. The second-order valence-electron chi connectivity index (χ2n) is 6.60. The molecule has 0 spiro atoms. The smallest absolute Gasteiger partial charge is 0.387 e. The molecule has 0 aliphatic carbocycles. The molecule has 1 aliphatic rings. The first-order valence-corrected chi connectivity index (χ1v) is 9.88. The molecule has 1 heterocycles. The topological polar surface area (TPSA) is 73.3 Å². The number of guanidine groups is 1. The average Bonchev–Trinajstić information content (AvgIpc) is 2.72. The average molecular weight is 415 g/mol. The lowest BCUT2D eigenvalue weighted by atomic mass is 9.94. The lowest BCUT2D eigenvalue weighted by Gasteiger charge is -2.36. The Kier molecular flexibility index (Phi) is 9.40. The van der Waals surface area contributed by atoms with E-state index in [9.17, 15) is 8.78 Å². The van der Waals surface area contributed by atoms with Crippen LogP contribution in [0.3, 0.4) is 0 Å². The monoisotopic (exact) mass is 415 g/mol. The Morgan fingerprint density at radius 1 is 1.24 bits per heavy atom. The highest BCUT2D eigenvalue weighted by Crippen LogP contribution is 2.33. The lowest BCUT2D eigenvalue weighted by molar-refractivity contribution is -0.0855. The number of hydrogen-bond donors (Lipinski definition) is 2. The third-order valence-corrected chi connectivity index (χ3v) is 4.73. The van der Waals surface area contributed by atoms with Gasteiger partial charge in [0.25, 0.3) is 0 Å². The van der Waals surface area contributed by atoms with Crippen LogP contribution in [0.4, 0.5) is 8.78 Å². The van der Waals surface area contributed by atoms with Crippen LogP contribution in [0.15, 0.2) is 23.2 Å². The van der Waals surface area contributed by atoms with Crippen LogP contribution in [-0.4, -0.2) is 58.2 Å². The Morgan fingerprint density at radius 3 is 2.62 bits per heavy atom. The van der Waals surface area contributed by atoms with Crippen LogP contribution in [0.1, 0.15) is 32.3 Å². The van der Waals surface area contributed by atoms with Crippen LogP contribution in [0.2, 0.25) is 0 Å². The molecule has 0 amide bonds. The standard InChI is InChI=1S/C20H31F2N3O4/c1-4-23-19(25-14-20(26-3)9-11-27-12-10-20)24-13-15-7-6-8-16(28-5-2)17(15)29-18(21)22/h6-8,18H,4-5,9-14H2,1-3H3,(H2,23,24,25). The zero-order valence-corrected chi connectivity index (χ0v) is 17.3. The summed E-state index contributed by atoms with van der Waals surface area (Å²) in [5, 5.41) is 6.46. The molecule has 9 heteroatoms. The Bertz CT molecular complexity index is 653. The molecule has 1 fully saturated rings. The zero-order chi connectivity index (χ0) is 21.1. The fourth-order valence-corrected chi connectivity index (χ4v) is 3.13. The van der Waals surface area contributed by atoms with Crippen molar-refractivity contribution in [2.24, 2.45) is 4.99 Å². The van der Waals surface area contributed by atoms with Gasteiger partial charge >= 0.3 is 6.61 Å². The number of alkyl halides is 2. The van der Waals surface area contributed by atoms with Gasteiger partial charge in [-0.25, -0.2) is 4.99 Å². The minimum Gasteiger partial charge on any atom is -0.490 e. The van der Waals surface area contributed by atoms with E-state index in [-0.39, 0.29) is 23.6 Å². The molecule has 7 nitrogen and oxygen atoms in total. The van der Waals surface area contributed by atoms with Gasteiger partial charge in [-0.1, -0.05) is 12.1 Å². The fourth-order valence-electron chi connectivity index (χ4n) is 3.13. The summed E-state index contributed by atoms with van der Waals surface area (Å²) in [4.78, 5) is 4.53. The Hall–Kier alpha value is -2.13. The van der Waals surface area contributed by atoms with Gasteiger partial charge in [-0.3, -0.25) is 0 Å². The number of benzene rings is 1. The summed E-state index contributed by atoms with van der Waals surface area (Å²) in [6.45, 7) is 3.84. The van der Waals surface area contributed by atoms with E-state index in [2.05, 4.69) is 15.6 Å². The molecule has 0 atom stereocenters. The SMILES string of the molecule is CCNC(=NCc1cccc(OCC)c1OC(F)F)NCC1(OC)CCOCC1. The highest BCUT2D eigenvalue weighted by Gasteiger charge is 2.32. The summed E-state index contributed by atoms with van der Waals surface area (Å²) < 4.78 is 47.1. The van der Waals surface area contributed by atoms with Crippen molar-refractivity contribution in [3.63, 3.8) is 0 Å². The number of ether oxygens (including phenoxy) is 4. The van der Waals surface area contributed by atoms with Gasteiger partial charge in [0.1, 0.15) is 0 Å². The van der Waals surface area contributed by atoms with Crippen molar-refractivity contribution < 1.29 is 27.7 Å². The maximum atomic E-state index is 12.9. The molecule has 1 aromatic rings. The molecule has 1 saturated heterocycles. The number of methoxy groups -OCH3 is 1. The highest BCUT2D eigenvalue weighted by molar-refractivity contribution is 5.79. The summed E-state index contributed by atoms with van der Waals surface area (Å²) in [5.41, 5.74) is 0.203. The third kappa shape index (κ3) is 7.01. The van der Waals surface area contributed by atoms with Gasteiger partial charge in [0.05, 0.1) is 18.8 Å². The van der Waals surface area contributed by atoms with Crippen LogP contribution in [0.25, 0.3) is 0 Å². The van der Waals surface area contributed by atoms with Gasteiger partial charge in [-0.15, -0.1) is 0 Å². The molecule has 0 bridgehead atoms. The Labute approximate surface area is 170 Å². The maximum Gasteiger partial charge on any atom is 0.387 e. The van der Waals surface area contributed by atoms with Crippen molar-refractivity contribution >= 4 is 5.96 Å². The van der Waals surface area contributed by atoms with E-state index >= 15 is 0 Å². The van der Waals surface area contributed by atoms with Gasteiger partial charge < -0.3 is 29.6 Å². The van der Waals surface area contributed by atoms with Crippen LogP contribution in [0.5, 0.6) is 11.5 Å². The predicted molar refractivity (Wildman–Crippen MR) is 107 cm³/mol. The summed E-state index contributed by atoms with van der Waals surface area (Å²) in [5.74, 6) is 0.862. The third-order valence-electron chi connectivity index (χ3n) is 4.73. The van der Waals surface area contributed by atoms with Crippen LogP contribution >= 0.6 is 0 Å². The normalized spacial score (nSPS) is 16.6. The van der Waals surface area contributed by atoms with E-state index in [0.29, 0.717) is 44.4 Å². The number of rotatable bonds is 10. The van der Waals surface area contributed by atoms with E-state index in [1.807, 2.05) is 6.92 Å². The minimum atomic E-state index is -2.94. The van der Waals surface area contributed by atoms with E-state index in [0.717, 1.165) is 12.8 Å². The zero-order valence-electron chi connectivity index (χ0n) is 17.3. The number of nitrogens with zero attached hydrogens (tertiary/aromatic N) is 1. The molecule has 164 valence electrons. The summed E-state index contributed by atoms with van der Waals surface area (Å²) in [6, 6.07) is 5.03. The highest BCUT2D eigenvalue weighted by atomic mass is 19.3. The number of halogens is 2. The molecule has 0 aromatic heterocycles. The maximum absolute atomic E-state index is 12.9. The van der Waals surface area contributed by atoms with Crippen molar-refractivity contribution in [3.05, 3.63) is 23.8 Å². The molecule has 0 radical (unpaired) electrons. The van der Waals surface area contributed by atoms with E-state index < -0.39 is 6.61 Å². The molecule has 2 N–H and O–H groups in total. The van der Waals surface area contributed by atoms with Crippen LogP contribution in [0, 0.1) is 0 Å². The van der Waals surface area contributed by atoms with Crippen molar-refractivity contribution in [2.75, 3.05) is 40.0 Å². The number of nitrogens with one attached hydrogen (secondary N) is 2. The largest absolute Gasteiger partial charge is 0.490 e. The van der Waals surface area contributed by atoms with E-state index in [1.54, 1.807) is 32.2 Å². The first-order valence-electron chi connectivity index (χ1n) is 9.88. The Balaban J connectivity index is 2.13. The van der Waals surface area contributed by atoms with Crippen molar-refractivity contribution in [1.82, 2.24) is 10.6 Å². The van der Waals surface area contributed by atoms with Gasteiger partial charge in [-0.05, 0) is 19.9 Å². The van der Waals surface area contributed by atoms with Crippen LogP contribution < -0.4 is 20.1 Å². The quantitative estimate of drug-likeness (QED) is 0.452. The molecular formula is C20H31F2N3O4. The molecule has 2 rings (SSSR count). The van der Waals surface area contributed by atoms with Gasteiger partial charge in [0, 0.05) is 51.8 Å². The minimum absolute atomic E-state index is 0.0155. The number of para-hydroxylation sites is 1. The summed E-state index contributed by atoms with van der Waals surface area (Å²) in [7, 11) is 1.70. The van der Waals surface area contributed by atoms with Crippen molar-refractivity contribution in [2.45, 2.75) is 45.4 Å². The molecule has 29 heavy (non-hydrogen) atoms. The number of aliphatic imine (C=N–C) groups is 1. The molecular weight excluding hydrogens is 384 g/mol. The van der Waals surface area contributed by atoms with E-state index in [4.69, 9.17) is 18.9 Å². The first-order chi connectivity index (χ1) is 14.0. The van der Waals surface area contributed by atoms with Gasteiger partial charge in [0.2, 0.25) is 0 Å². The van der Waals surface area contributed by atoms with Gasteiger partial charge in [0.15, 0.2) is 17.5 Å². The van der Waals surface area contributed by atoms with Crippen molar-refractivity contribution in [1.29, 1.82) is 0 Å².